The second-order valence-electron chi connectivity index (χ2n) is 3.03. The molecule has 16 heavy (non-hydrogen) atoms. The fraction of sp³-hybridized carbons (Fsp3) is 0.333. The van der Waals surface area contributed by atoms with Crippen LogP contribution in [0.15, 0.2) is 18.2 Å². The van der Waals surface area contributed by atoms with Crippen LogP contribution in [0.3, 0.4) is 0 Å². The van der Waals surface area contributed by atoms with Gasteiger partial charge in [0.05, 0.1) is 7.11 Å². The second-order valence-corrected chi connectivity index (χ2v) is 3.97. The van der Waals surface area contributed by atoms with Crippen molar-refractivity contribution in [2.75, 3.05) is 7.11 Å². The van der Waals surface area contributed by atoms with Crippen LogP contribution in [0, 0.1) is 0 Å². The molecular formula is C9H10Cl2F2N2O. The quantitative estimate of drug-likeness (QED) is 0.503. The van der Waals surface area contributed by atoms with Crippen molar-refractivity contribution in [2.45, 2.75) is 11.4 Å². The van der Waals surface area contributed by atoms with Gasteiger partial charge in [0.15, 0.2) is 0 Å². The number of hydrogen-bond donors (Lipinski definition) is 2. The summed E-state index contributed by atoms with van der Waals surface area (Å²) >= 11 is 10.7. The Morgan fingerprint density at radius 1 is 1.50 bits per heavy atom. The Morgan fingerprint density at radius 3 is 2.56 bits per heavy atom. The maximum absolute atomic E-state index is 13.0. The van der Waals surface area contributed by atoms with E-state index in [2.05, 4.69) is 0 Å². The summed E-state index contributed by atoms with van der Waals surface area (Å²) in [7, 11) is 1.35. The maximum atomic E-state index is 13.0. The molecule has 0 saturated carbocycles. The Bertz CT molecular complexity index is 371. The van der Waals surface area contributed by atoms with Gasteiger partial charge in [0, 0.05) is 10.6 Å². The van der Waals surface area contributed by atoms with E-state index in [1.807, 2.05) is 5.43 Å². The molecule has 0 saturated heterocycles. The van der Waals surface area contributed by atoms with Gasteiger partial charge in [0.2, 0.25) is 0 Å². The lowest BCUT2D eigenvalue weighted by Gasteiger charge is -2.23. The van der Waals surface area contributed by atoms with Gasteiger partial charge >= 0.3 is 5.38 Å². The molecule has 3 nitrogen and oxygen atoms in total. The van der Waals surface area contributed by atoms with Crippen molar-refractivity contribution >= 4 is 23.2 Å². The fourth-order valence-corrected chi connectivity index (χ4v) is 1.65. The zero-order chi connectivity index (χ0) is 12.3. The zero-order valence-electron chi connectivity index (χ0n) is 8.31. The van der Waals surface area contributed by atoms with Gasteiger partial charge in [0.1, 0.15) is 11.8 Å². The van der Waals surface area contributed by atoms with Gasteiger partial charge in [-0.3, -0.25) is 5.84 Å². The maximum Gasteiger partial charge on any atom is 0.342 e. The minimum absolute atomic E-state index is 0.0949. The molecule has 1 aromatic rings. The van der Waals surface area contributed by atoms with Crippen LogP contribution >= 0.6 is 23.2 Å². The molecule has 1 rings (SSSR count). The summed E-state index contributed by atoms with van der Waals surface area (Å²) in [5, 5.41) is -3.26. The highest BCUT2D eigenvalue weighted by molar-refractivity contribution is 6.30. The second kappa shape index (κ2) is 5.14. The molecular weight excluding hydrogens is 261 g/mol. The number of nitrogens with two attached hydrogens (primary N) is 1. The lowest BCUT2D eigenvalue weighted by Crippen LogP contribution is -2.38. The summed E-state index contributed by atoms with van der Waals surface area (Å²) in [6, 6.07) is 2.72. The minimum atomic E-state index is -3.55. The highest BCUT2D eigenvalue weighted by Gasteiger charge is 2.39. The third kappa shape index (κ3) is 2.95. The lowest BCUT2D eigenvalue weighted by atomic mass is 10.1. The Balaban J connectivity index is 3.23. The van der Waals surface area contributed by atoms with Crippen molar-refractivity contribution in [1.82, 2.24) is 5.43 Å². The van der Waals surface area contributed by atoms with Gasteiger partial charge in [-0.25, -0.2) is 5.43 Å². The first-order valence-electron chi connectivity index (χ1n) is 4.26. The molecule has 0 aliphatic rings. The van der Waals surface area contributed by atoms with Crippen molar-refractivity contribution in [3.63, 3.8) is 0 Å². The number of hydrogen-bond acceptors (Lipinski definition) is 3. The van der Waals surface area contributed by atoms with E-state index in [-0.39, 0.29) is 16.3 Å². The van der Waals surface area contributed by atoms with Crippen LogP contribution in [0.25, 0.3) is 0 Å². The van der Waals surface area contributed by atoms with Crippen LogP contribution in [-0.4, -0.2) is 12.5 Å². The Morgan fingerprint density at radius 2 is 2.12 bits per heavy atom. The molecule has 0 radical (unpaired) electrons. The third-order valence-corrected chi connectivity index (χ3v) is 2.45. The number of methoxy groups -OCH3 is 1. The molecule has 1 aromatic carbocycles. The molecule has 0 fully saturated rings. The SMILES string of the molecule is COc1ccc(Cl)cc1C(NN)C(F)(F)Cl. The number of nitrogens with one attached hydrogen (secondary N) is 1. The average Bonchev–Trinajstić information content (AvgIpc) is 2.17. The monoisotopic (exact) mass is 270 g/mol. The normalized spacial score (nSPS) is 13.6. The van der Waals surface area contributed by atoms with Crippen LogP contribution in [0.2, 0.25) is 5.02 Å². The first-order chi connectivity index (χ1) is 7.40. The lowest BCUT2D eigenvalue weighted by molar-refractivity contribution is 0.0487. The molecule has 0 heterocycles. The number of halogens is 4. The van der Waals surface area contributed by atoms with Crippen molar-refractivity contribution in [2.24, 2.45) is 5.84 Å². The summed E-state index contributed by atoms with van der Waals surface area (Å²) in [4.78, 5) is 0. The predicted octanol–water partition coefficient (Wildman–Crippen LogP) is 2.68. The number of rotatable bonds is 4. The van der Waals surface area contributed by atoms with Gasteiger partial charge in [-0.05, 0) is 29.8 Å². The van der Waals surface area contributed by atoms with E-state index < -0.39 is 11.4 Å². The molecule has 0 aliphatic carbocycles. The number of ether oxygens (including phenoxy) is 1. The van der Waals surface area contributed by atoms with Crippen LogP contribution in [-0.2, 0) is 0 Å². The van der Waals surface area contributed by atoms with Crippen LogP contribution in [0.1, 0.15) is 11.6 Å². The van der Waals surface area contributed by atoms with E-state index in [4.69, 9.17) is 33.8 Å². The van der Waals surface area contributed by atoms with E-state index in [0.29, 0.717) is 0 Å². The summed E-state index contributed by atoms with van der Waals surface area (Å²) in [6.07, 6.45) is 0. The molecule has 3 N–H and O–H groups in total. The first-order valence-corrected chi connectivity index (χ1v) is 5.02. The first kappa shape index (κ1) is 13.4. The van der Waals surface area contributed by atoms with Crippen molar-refractivity contribution in [1.29, 1.82) is 0 Å². The van der Waals surface area contributed by atoms with Crippen molar-refractivity contribution in [3.05, 3.63) is 28.8 Å². The summed E-state index contributed by atoms with van der Waals surface area (Å²) in [5.74, 6) is 5.28. The van der Waals surface area contributed by atoms with E-state index in [9.17, 15) is 8.78 Å². The number of benzene rings is 1. The molecule has 0 aliphatic heterocycles. The van der Waals surface area contributed by atoms with Gasteiger partial charge < -0.3 is 4.74 Å². The fourth-order valence-electron chi connectivity index (χ4n) is 1.29. The molecule has 7 heteroatoms. The van der Waals surface area contributed by atoms with E-state index in [1.54, 1.807) is 0 Å². The van der Waals surface area contributed by atoms with Gasteiger partial charge in [0.25, 0.3) is 0 Å². The molecule has 0 spiro atoms. The topological polar surface area (TPSA) is 47.3 Å². The summed E-state index contributed by atoms with van der Waals surface area (Å²) in [5.41, 5.74) is 2.03. The molecule has 0 aromatic heterocycles. The number of hydrazine groups is 1. The predicted molar refractivity (Wildman–Crippen MR) is 58.9 cm³/mol. The van der Waals surface area contributed by atoms with Crippen LogP contribution in [0.4, 0.5) is 8.78 Å². The average molecular weight is 271 g/mol. The summed E-state index contributed by atoms with van der Waals surface area (Å²) < 4.78 is 31.0. The van der Waals surface area contributed by atoms with Gasteiger partial charge in [-0.2, -0.15) is 8.78 Å². The minimum Gasteiger partial charge on any atom is -0.496 e. The molecule has 0 amide bonds. The molecule has 0 bridgehead atoms. The Kier molecular flexibility index (Phi) is 4.32. The van der Waals surface area contributed by atoms with Crippen LogP contribution in [0.5, 0.6) is 5.75 Å². The smallest absolute Gasteiger partial charge is 0.342 e. The molecule has 1 unspecified atom stereocenters. The molecule has 1 atom stereocenters. The van der Waals surface area contributed by atoms with Crippen molar-refractivity contribution < 1.29 is 13.5 Å². The summed E-state index contributed by atoms with van der Waals surface area (Å²) in [6.45, 7) is 0. The Hall–Kier alpha value is -0.620. The highest BCUT2D eigenvalue weighted by Crippen LogP contribution is 2.39. The largest absolute Gasteiger partial charge is 0.496 e. The van der Waals surface area contributed by atoms with E-state index >= 15 is 0 Å². The van der Waals surface area contributed by atoms with Gasteiger partial charge in [-0.1, -0.05) is 11.6 Å². The van der Waals surface area contributed by atoms with Crippen LogP contribution < -0.4 is 16.0 Å². The van der Waals surface area contributed by atoms with Crippen molar-refractivity contribution in [3.8, 4) is 5.75 Å². The number of alkyl halides is 3. The highest BCUT2D eigenvalue weighted by atomic mass is 35.5. The van der Waals surface area contributed by atoms with E-state index in [1.165, 1.54) is 25.3 Å². The standard InChI is InChI=1S/C9H10Cl2F2N2O/c1-16-7-3-2-5(10)4-6(7)8(15-14)9(11,12)13/h2-4,8,15H,14H2,1H3. The molecule has 90 valence electrons. The Labute approximate surface area is 101 Å². The van der Waals surface area contributed by atoms with Gasteiger partial charge in [-0.15, -0.1) is 0 Å². The third-order valence-electron chi connectivity index (χ3n) is 2.00. The van der Waals surface area contributed by atoms with E-state index in [0.717, 1.165) is 0 Å². The zero-order valence-corrected chi connectivity index (χ0v) is 9.82.